The van der Waals surface area contributed by atoms with Crippen LogP contribution in [0.15, 0.2) is 36.4 Å². The van der Waals surface area contributed by atoms with Crippen molar-refractivity contribution < 1.29 is 14.4 Å². The van der Waals surface area contributed by atoms with E-state index in [9.17, 15) is 14.4 Å². The van der Waals surface area contributed by atoms with Gasteiger partial charge in [0.25, 0.3) is 11.1 Å². The molecular weight excluding hydrogens is 376 g/mol. The molecule has 2 heterocycles. The van der Waals surface area contributed by atoms with Gasteiger partial charge in [-0.2, -0.15) is 5.10 Å². The molecule has 0 spiro atoms. The monoisotopic (exact) mass is 398 g/mol. The number of carbonyl (C=O) groups excluding carboxylic acids is 3. The summed E-state index contributed by atoms with van der Waals surface area (Å²) in [5.41, 5.74) is 2.13. The van der Waals surface area contributed by atoms with E-state index in [-0.39, 0.29) is 34.9 Å². The third kappa shape index (κ3) is 3.56. The number of thioether (sulfide) groups is 1. The van der Waals surface area contributed by atoms with Crippen molar-refractivity contribution in [3.63, 3.8) is 0 Å². The molecule has 1 aromatic heterocycles. The number of carbonyl (C=O) groups is 3. The Morgan fingerprint density at radius 3 is 2.64 bits per heavy atom. The zero-order valence-corrected chi connectivity index (χ0v) is 16.4. The number of nitrogens with zero attached hydrogens (tertiary/aromatic N) is 3. The summed E-state index contributed by atoms with van der Waals surface area (Å²) >= 11 is 1.04. The summed E-state index contributed by atoms with van der Waals surface area (Å²) in [6.07, 6.45) is 3.39. The number of rotatable bonds is 4. The van der Waals surface area contributed by atoms with E-state index in [1.54, 1.807) is 17.8 Å². The van der Waals surface area contributed by atoms with Crippen LogP contribution in [0.4, 0.5) is 4.79 Å². The second kappa shape index (κ2) is 7.79. The lowest BCUT2D eigenvalue weighted by atomic mass is 9.89. The van der Waals surface area contributed by atoms with E-state index in [4.69, 9.17) is 0 Å². The van der Waals surface area contributed by atoms with Crippen LogP contribution in [-0.4, -0.2) is 49.6 Å². The molecule has 2 fully saturated rings. The molecule has 28 heavy (non-hydrogen) atoms. The molecule has 1 N–H and O–H groups in total. The van der Waals surface area contributed by atoms with E-state index < -0.39 is 0 Å². The first-order chi connectivity index (χ1) is 13.5. The molecule has 2 aliphatic rings. The van der Waals surface area contributed by atoms with Crippen molar-refractivity contribution in [3.8, 4) is 11.3 Å². The van der Waals surface area contributed by atoms with Crippen molar-refractivity contribution in [2.75, 3.05) is 5.75 Å². The maximum atomic E-state index is 12.9. The molecule has 0 radical (unpaired) electrons. The fraction of sp³-hybridized carbons (Fsp3) is 0.400. The minimum atomic E-state index is -0.269. The van der Waals surface area contributed by atoms with Gasteiger partial charge >= 0.3 is 0 Å². The number of amides is 3. The highest BCUT2D eigenvalue weighted by molar-refractivity contribution is 8.14. The molecule has 1 aliphatic carbocycles. The van der Waals surface area contributed by atoms with E-state index in [1.165, 1.54) is 4.90 Å². The minimum absolute atomic E-state index is 0.159. The molecular formula is C20H22N4O3S. The predicted molar refractivity (Wildman–Crippen MR) is 107 cm³/mol. The summed E-state index contributed by atoms with van der Waals surface area (Å²) in [5, 5.41) is 7.30. The van der Waals surface area contributed by atoms with Crippen molar-refractivity contribution in [2.45, 2.75) is 37.8 Å². The number of nitrogens with one attached hydrogen (secondary N) is 1. The van der Waals surface area contributed by atoms with Crippen molar-refractivity contribution in [3.05, 3.63) is 42.1 Å². The molecule has 1 saturated heterocycles. The van der Waals surface area contributed by atoms with Crippen LogP contribution in [0.1, 0.15) is 36.2 Å². The van der Waals surface area contributed by atoms with Gasteiger partial charge in [0, 0.05) is 12.6 Å². The number of aromatic nitrogens is 2. The summed E-state index contributed by atoms with van der Waals surface area (Å²) in [4.78, 5) is 38.6. The molecule has 2 atom stereocenters. The second-order valence-corrected chi connectivity index (χ2v) is 8.08. The lowest BCUT2D eigenvalue weighted by molar-refractivity contribution is -0.127. The molecule has 1 aliphatic heterocycles. The Labute approximate surface area is 167 Å². The predicted octanol–water partition coefficient (Wildman–Crippen LogP) is 2.82. The summed E-state index contributed by atoms with van der Waals surface area (Å²) in [5.74, 6) is -0.202. The van der Waals surface area contributed by atoms with Gasteiger partial charge in [0.05, 0.1) is 23.5 Å². The fourth-order valence-electron chi connectivity index (χ4n) is 3.95. The van der Waals surface area contributed by atoms with Gasteiger partial charge in [0.1, 0.15) is 5.69 Å². The maximum absolute atomic E-state index is 12.9. The normalized spacial score (nSPS) is 22.5. The van der Waals surface area contributed by atoms with Crippen LogP contribution in [0.5, 0.6) is 0 Å². The van der Waals surface area contributed by atoms with Crippen molar-refractivity contribution >= 4 is 28.8 Å². The maximum Gasteiger partial charge on any atom is 0.289 e. The van der Waals surface area contributed by atoms with Gasteiger partial charge in [-0.1, -0.05) is 54.9 Å². The third-order valence-corrected chi connectivity index (χ3v) is 6.18. The zero-order chi connectivity index (χ0) is 19.7. The van der Waals surface area contributed by atoms with Crippen LogP contribution in [-0.2, 0) is 11.8 Å². The Bertz CT molecular complexity index is 895. The molecule has 4 rings (SSSR count). The number of aryl methyl sites for hydroxylation is 1. The highest BCUT2D eigenvalue weighted by Crippen LogP contribution is 2.30. The number of imide groups is 1. The lowest BCUT2D eigenvalue weighted by Crippen LogP contribution is -2.54. The first kappa shape index (κ1) is 18.7. The Kier molecular flexibility index (Phi) is 5.21. The van der Waals surface area contributed by atoms with Crippen LogP contribution in [0.3, 0.4) is 0 Å². The van der Waals surface area contributed by atoms with Crippen molar-refractivity contribution in [1.29, 1.82) is 0 Å². The standard InChI is InChI=1S/C20H22N4O3S/c1-23-17(11-15(22-23)13-7-3-2-4-8-13)19(26)21-14-9-5-6-10-16(14)24-18(25)12-28-20(24)27/h2-4,7-8,11,14,16H,5-6,9-10,12H2,1H3,(H,21,26). The summed E-state index contributed by atoms with van der Waals surface area (Å²) in [6, 6.07) is 11.0. The summed E-state index contributed by atoms with van der Waals surface area (Å²) < 4.78 is 1.57. The Morgan fingerprint density at radius 2 is 1.93 bits per heavy atom. The SMILES string of the molecule is Cn1nc(-c2ccccc2)cc1C(=O)NC1CCCCC1N1C(=O)CSC1=O. The van der Waals surface area contributed by atoms with Gasteiger partial charge in [-0.15, -0.1) is 0 Å². The topological polar surface area (TPSA) is 84.3 Å². The van der Waals surface area contributed by atoms with E-state index in [1.807, 2.05) is 30.3 Å². The second-order valence-electron chi connectivity index (χ2n) is 7.15. The average molecular weight is 398 g/mol. The molecule has 7 nitrogen and oxygen atoms in total. The van der Waals surface area contributed by atoms with Gasteiger partial charge in [0.15, 0.2) is 0 Å². The molecule has 1 aromatic carbocycles. The molecule has 0 bridgehead atoms. The van der Waals surface area contributed by atoms with E-state index in [2.05, 4.69) is 10.4 Å². The van der Waals surface area contributed by atoms with Crippen molar-refractivity contribution in [2.24, 2.45) is 7.05 Å². The Morgan fingerprint density at radius 1 is 1.18 bits per heavy atom. The fourth-order valence-corrected chi connectivity index (χ4v) is 4.71. The summed E-state index contributed by atoms with van der Waals surface area (Å²) in [7, 11) is 1.74. The first-order valence-electron chi connectivity index (χ1n) is 9.44. The smallest absolute Gasteiger partial charge is 0.289 e. The number of hydrogen-bond donors (Lipinski definition) is 1. The third-order valence-electron chi connectivity index (χ3n) is 5.34. The minimum Gasteiger partial charge on any atom is -0.346 e. The number of benzene rings is 1. The molecule has 3 amide bonds. The van der Waals surface area contributed by atoms with E-state index in [0.717, 1.165) is 48.7 Å². The number of hydrogen-bond acceptors (Lipinski definition) is 5. The Balaban J connectivity index is 1.53. The zero-order valence-electron chi connectivity index (χ0n) is 15.6. The highest BCUT2D eigenvalue weighted by Gasteiger charge is 2.41. The molecule has 146 valence electrons. The quantitative estimate of drug-likeness (QED) is 0.856. The first-order valence-corrected chi connectivity index (χ1v) is 10.4. The Hall–Kier alpha value is -2.61. The highest BCUT2D eigenvalue weighted by atomic mass is 32.2. The molecule has 2 unspecified atom stereocenters. The van der Waals surface area contributed by atoms with E-state index in [0.29, 0.717) is 5.69 Å². The molecule has 1 saturated carbocycles. The van der Waals surface area contributed by atoms with Gasteiger partial charge in [-0.05, 0) is 18.9 Å². The lowest BCUT2D eigenvalue weighted by Gasteiger charge is -2.36. The molecule has 8 heteroatoms. The van der Waals surface area contributed by atoms with Gasteiger partial charge < -0.3 is 5.32 Å². The van der Waals surface area contributed by atoms with Crippen molar-refractivity contribution in [1.82, 2.24) is 20.0 Å². The summed E-state index contributed by atoms with van der Waals surface area (Å²) in [6.45, 7) is 0. The van der Waals surface area contributed by atoms with Gasteiger partial charge in [-0.25, -0.2) is 0 Å². The average Bonchev–Trinajstić information content (AvgIpc) is 3.25. The molecule has 2 aromatic rings. The van der Waals surface area contributed by atoms with Crippen LogP contribution in [0.2, 0.25) is 0 Å². The van der Waals surface area contributed by atoms with Crippen LogP contribution >= 0.6 is 11.8 Å². The van der Waals surface area contributed by atoms with Gasteiger partial charge in [-0.3, -0.25) is 24.0 Å². The van der Waals surface area contributed by atoms with E-state index >= 15 is 0 Å². The van der Waals surface area contributed by atoms with Gasteiger partial charge in [0.2, 0.25) is 5.91 Å². The van der Waals surface area contributed by atoms with Crippen LogP contribution < -0.4 is 5.32 Å². The largest absolute Gasteiger partial charge is 0.346 e. The van der Waals surface area contributed by atoms with Crippen LogP contribution in [0, 0.1) is 0 Å². The van der Waals surface area contributed by atoms with Crippen LogP contribution in [0.25, 0.3) is 11.3 Å².